The van der Waals surface area contributed by atoms with E-state index < -0.39 is 0 Å². The Morgan fingerprint density at radius 2 is 1.95 bits per heavy atom. The van der Waals surface area contributed by atoms with Crippen molar-refractivity contribution in [1.29, 1.82) is 0 Å². The van der Waals surface area contributed by atoms with Crippen molar-refractivity contribution in [1.82, 2.24) is 0 Å². The molecule has 118 valence electrons. The van der Waals surface area contributed by atoms with Gasteiger partial charge in [-0.1, -0.05) is 38.5 Å². The van der Waals surface area contributed by atoms with Gasteiger partial charge in [0.25, 0.3) is 0 Å². The topological polar surface area (TPSA) is 9.23 Å². The molecule has 1 aliphatic carbocycles. The van der Waals surface area contributed by atoms with Crippen LogP contribution in [0.2, 0.25) is 0 Å². The molecule has 0 N–H and O–H groups in total. The number of methoxy groups -OCH3 is 1. The van der Waals surface area contributed by atoms with E-state index in [4.69, 9.17) is 16.3 Å². The smallest absolute Gasteiger partial charge is 0.122 e. The van der Waals surface area contributed by atoms with E-state index in [0.717, 1.165) is 24.5 Å². The van der Waals surface area contributed by atoms with E-state index in [1.165, 1.54) is 24.0 Å². The van der Waals surface area contributed by atoms with Gasteiger partial charge in [-0.2, -0.15) is 0 Å². The number of hydrogen-bond acceptors (Lipinski definition) is 1. The Morgan fingerprint density at radius 3 is 2.57 bits per heavy atom. The molecule has 21 heavy (non-hydrogen) atoms. The van der Waals surface area contributed by atoms with Crippen LogP contribution in [-0.2, 0) is 6.42 Å². The first-order valence-corrected chi connectivity index (χ1v) is 8.52. The summed E-state index contributed by atoms with van der Waals surface area (Å²) in [6.45, 7) is 9.21. The number of hydrogen-bond donors (Lipinski definition) is 0. The highest BCUT2D eigenvalue weighted by Gasteiger charge is 2.35. The van der Waals surface area contributed by atoms with E-state index in [1.807, 2.05) is 0 Å². The lowest BCUT2D eigenvalue weighted by molar-refractivity contribution is 0.143. The highest BCUT2D eigenvalue weighted by Crippen LogP contribution is 2.43. The lowest BCUT2D eigenvalue weighted by atomic mass is 9.68. The van der Waals surface area contributed by atoms with Crippen molar-refractivity contribution in [2.24, 2.45) is 17.3 Å². The summed E-state index contributed by atoms with van der Waals surface area (Å²) in [6.07, 6.45) is 4.67. The SMILES string of the molecule is COc1ccc(C)cc1CC1CC(C(C)(C)C)CCC1Cl. The van der Waals surface area contributed by atoms with Gasteiger partial charge in [0.1, 0.15) is 5.75 Å². The molecule has 1 aromatic rings. The van der Waals surface area contributed by atoms with E-state index in [-0.39, 0.29) is 0 Å². The third-order valence-electron chi connectivity index (χ3n) is 5.03. The summed E-state index contributed by atoms with van der Waals surface area (Å²) in [7, 11) is 1.76. The van der Waals surface area contributed by atoms with E-state index >= 15 is 0 Å². The van der Waals surface area contributed by atoms with Gasteiger partial charge in [0.15, 0.2) is 0 Å². The average molecular weight is 309 g/mol. The van der Waals surface area contributed by atoms with Crippen LogP contribution in [-0.4, -0.2) is 12.5 Å². The van der Waals surface area contributed by atoms with Crippen LogP contribution in [0.25, 0.3) is 0 Å². The highest BCUT2D eigenvalue weighted by atomic mass is 35.5. The molecule has 0 spiro atoms. The third-order valence-corrected chi connectivity index (χ3v) is 5.61. The van der Waals surface area contributed by atoms with Crippen molar-refractivity contribution >= 4 is 11.6 Å². The molecule has 0 aliphatic heterocycles. The van der Waals surface area contributed by atoms with Crippen LogP contribution in [0.1, 0.15) is 51.2 Å². The quantitative estimate of drug-likeness (QED) is 0.659. The molecule has 2 heteroatoms. The number of aryl methyl sites for hydroxylation is 1. The first kappa shape index (κ1) is 16.7. The van der Waals surface area contributed by atoms with E-state index in [0.29, 0.717) is 16.7 Å². The fourth-order valence-electron chi connectivity index (χ4n) is 3.57. The van der Waals surface area contributed by atoms with Gasteiger partial charge in [-0.15, -0.1) is 11.6 Å². The largest absolute Gasteiger partial charge is 0.496 e. The van der Waals surface area contributed by atoms with Crippen LogP contribution in [0.4, 0.5) is 0 Å². The Labute approximate surface area is 135 Å². The molecule has 2 rings (SSSR count). The number of alkyl halides is 1. The van der Waals surface area contributed by atoms with Crippen molar-refractivity contribution in [3.8, 4) is 5.75 Å². The van der Waals surface area contributed by atoms with Gasteiger partial charge in [-0.25, -0.2) is 0 Å². The molecule has 1 fully saturated rings. The maximum atomic E-state index is 6.64. The highest BCUT2D eigenvalue weighted by molar-refractivity contribution is 6.20. The van der Waals surface area contributed by atoms with Gasteiger partial charge in [0.2, 0.25) is 0 Å². The third kappa shape index (κ3) is 4.16. The second kappa shape index (κ2) is 6.60. The Morgan fingerprint density at radius 1 is 1.24 bits per heavy atom. The molecule has 0 radical (unpaired) electrons. The molecule has 3 atom stereocenters. The molecule has 1 aromatic carbocycles. The zero-order valence-electron chi connectivity index (χ0n) is 14.1. The van der Waals surface area contributed by atoms with Gasteiger partial charge in [-0.3, -0.25) is 0 Å². The summed E-state index contributed by atoms with van der Waals surface area (Å²) in [5.74, 6) is 2.33. The fourth-order valence-corrected chi connectivity index (χ4v) is 3.89. The Hall–Kier alpha value is -0.690. The molecular formula is C19H29ClO. The summed E-state index contributed by atoms with van der Waals surface area (Å²) in [5, 5.41) is 0.300. The molecule has 0 saturated heterocycles. The number of rotatable bonds is 3. The zero-order chi connectivity index (χ0) is 15.6. The molecule has 1 nitrogen and oxygen atoms in total. The van der Waals surface area contributed by atoms with Crippen LogP contribution >= 0.6 is 11.6 Å². The summed E-state index contributed by atoms with van der Waals surface area (Å²) in [6, 6.07) is 6.44. The standard InChI is InChI=1S/C19H29ClO/c1-13-6-9-18(21-5)15(10-13)11-14-12-16(19(2,3)4)7-8-17(14)20/h6,9-10,14,16-17H,7-8,11-12H2,1-5H3. The Balaban J connectivity index is 2.15. The van der Waals surface area contributed by atoms with E-state index in [9.17, 15) is 0 Å². The van der Waals surface area contributed by atoms with Crippen LogP contribution in [0.3, 0.4) is 0 Å². The molecule has 1 saturated carbocycles. The predicted octanol–water partition coefficient (Wildman–Crippen LogP) is 5.62. The van der Waals surface area contributed by atoms with Gasteiger partial charge in [0.05, 0.1) is 7.11 Å². The molecule has 1 aliphatic rings. The zero-order valence-corrected chi connectivity index (χ0v) is 14.8. The van der Waals surface area contributed by atoms with Crippen molar-refractivity contribution in [2.45, 2.75) is 58.8 Å². The van der Waals surface area contributed by atoms with Gasteiger partial charge < -0.3 is 4.74 Å². The maximum absolute atomic E-state index is 6.64. The maximum Gasteiger partial charge on any atom is 0.122 e. The van der Waals surface area contributed by atoms with Gasteiger partial charge in [-0.05, 0) is 61.5 Å². The molecular weight excluding hydrogens is 280 g/mol. The number of halogens is 1. The molecule has 0 bridgehead atoms. The monoisotopic (exact) mass is 308 g/mol. The average Bonchev–Trinajstić information content (AvgIpc) is 2.40. The molecule has 3 unspecified atom stereocenters. The number of benzene rings is 1. The van der Waals surface area contributed by atoms with E-state index in [2.05, 4.69) is 45.9 Å². The first-order valence-electron chi connectivity index (χ1n) is 8.09. The molecule has 0 aromatic heterocycles. The van der Waals surface area contributed by atoms with Gasteiger partial charge >= 0.3 is 0 Å². The fraction of sp³-hybridized carbons (Fsp3) is 0.684. The minimum Gasteiger partial charge on any atom is -0.496 e. The lowest BCUT2D eigenvalue weighted by Crippen LogP contribution is -2.33. The summed E-state index contributed by atoms with van der Waals surface area (Å²) < 4.78 is 5.53. The van der Waals surface area contributed by atoms with Crippen molar-refractivity contribution in [3.05, 3.63) is 29.3 Å². The lowest BCUT2D eigenvalue weighted by Gasteiger charge is -2.40. The molecule has 0 amide bonds. The summed E-state index contributed by atoms with van der Waals surface area (Å²) in [4.78, 5) is 0. The van der Waals surface area contributed by atoms with E-state index in [1.54, 1.807) is 7.11 Å². The van der Waals surface area contributed by atoms with Crippen molar-refractivity contribution in [2.75, 3.05) is 7.11 Å². The Kier molecular flexibility index (Phi) is 5.24. The molecule has 0 heterocycles. The van der Waals surface area contributed by atoms with Crippen molar-refractivity contribution < 1.29 is 4.74 Å². The van der Waals surface area contributed by atoms with Crippen molar-refractivity contribution in [3.63, 3.8) is 0 Å². The van der Waals surface area contributed by atoms with Crippen LogP contribution in [0, 0.1) is 24.2 Å². The Bertz CT molecular complexity index is 475. The second-order valence-electron chi connectivity index (χ2n) is 7.67. The van der Waals surface area contributed by atoms with Crippen LogP contribution in [0.15, 0.2) is 18.2 Å². The summed E-state index contributed by atoms with van der Waals surface area (Å²) in [5.41, 5.74) is 2.98. The first-order chi connectivity index (χ1) is 9.81. The summed E-state index contributed by atoms with van der Waals surface area (Å²) >= 11 is 6.64. The second-order valence-corrected chi connectivity index (χ2v) is 8.23. The predicted molar refractivity (Wildman–Crippen MR) is 91.4 cm³/mol. The van der Waals surface area contributed by atoms with Crippen LogP contribution in [0.5, 0.6) is 5.75 Å². The normalized spacial score (nSPS) is 26.7. The van der Waals surface area contributed by atoms with Crippen LogP contribution < -0.4 is 4.74 Å². The number of ether oxygens (including phenoxy) is 1. The minimum atomic E-state index is 0.300. The van der Waals surface area contributed by atoms with Gasteiger partial charge in [0, 0.05) is 5.38 Å². The minimum absolute atomic E-state index is 0.300.